The Labute approximate surface area is 155 Å². The minimum atomic E-state index is -3.94. The number of sulfone groups is 1. The maximum absolute atomic E-state index is 11.6. The summed E-state index contributed by atoms with van der Waals surface area (Å²) in [6.45, 7) is 4.72. The molecular weight excluding hydrogens is 388 g/mol. The van der Waals surface area contributed by atoms with Crippen LogP contribution in [-0.2, 0) is 43.2 Å². The van der Waals surface area contributed by atoms with Crippen LogP contribution in [0.5, 0.6) is 0 Å². The van der Waals surface area contributed by atoms with Crippen molar-refractivity contribution in [3.63, 3.8) is 0 Å². The SMILES string of the molecule is CC(C)(C)OS(=O)(=O)COC(=O)CCCCCCC(=O)OCS(C)(=O)=O. The second-order valence-corrected chi connectivity index (χ2v) is 10.5. The molecule has 0 aromatic carbocycles. The van der Waals surface area contributed by atoms with E-state index in [1.165, 1.54) is 0 Å². The van der Waals surface area contributed by atoms with Crippen molar-refractivity contribution < 1.29 is 40.1 Å². The molecule has 0 N–H and O–H groups in total. The number of rotatable bonds is 12. The monoisotopic (exact) mass is 416 g/mol. The molecule has 0 spiro atoms. The first-order chi connectivity index (χ1) is 11.7. The van der Waals surface area contributed by atoms with E-state index in [2.05, 4.69) is 9.47 Å². The Kier molecular flexibility index (Phi) is 10.3. The fraction of sp³-hybridized carbons (Fsp3) is 0.867. The molecule has 0 bridgehead atoms. The van der Waals surface area contributed by atoms with Crippen molar-refractivity contribution >= 4 is 31.9 Å². The summed E-state index contributed by atoms with van der Waals surface area (Å²) in [5.74, 6) is -2.67. The number of carbonyl (C=O) groups is 2. The average molecular weight is 417 g/mol. The first kappa shape index (κ1) is 24.8. The molecule has 0 radical (unpaired) electrons. The highest BCUT2D eigenvalue weighted by atomic mass is 32.2. The normalized spacial score (nSPS) is 12.6. The lowest BCUT2D eigenvalue weighted by Gasteiger charge is -2.18. The molecule has 9 nitrogen and oxygen atoms in total. The highest BCUT2D eigenvalue weighted by molar-refractivity contribution is 7.90. The Bertz CT molecular complexity index is 658. The van der Waals surface area contributed by atoms with Gasteiger partial charge in [-0.25, -0.2) is 8.42 Å². The van der Waals surface area contributed by atoms with Crippen LogP contribution in [0.3, 0.4) is 0 Å². The number of ether oxygens (including phenoxy) is 2. The molecule has 0 aromatic rings. The van der Waals surface area contributed by atoms with Gasteiger partial charge in [0, 0.05) is 19.1 Å². The summed E-state index contributed by atoms with van der Waals surface area (Å²) in [6, 6.07) is 0. The van der Waals surface area contributed by atoms with Crippen LogP contribution < -0.4 is 0 Å². The van der Waals surface area contributed by atoms with Gasteiger partial charge in [-0.2, -0.15) is 8.42 Å². The number of unbranched alkanes of at least 4 members (excludes halogenated alkanes) is 3. The molecule has 0 aliphatic rings. The third-order valence-corrected chi connectivity index (χ3v) is 4.39. The molecule has 0 rings (SSSR count). The van der Waals surface area contributed by atoms with Gasteiger partial charge in [0.2, 0.25) is 5.94 Å². The van der Waals surface area contributed by atoms with E-state index in [1.54, 1.807) is 20.8 Å². The van der Waals surface area contributed by atoms with Crippen molar-refractivity contribution in [2.45, 2.75) is 64.9 Å². The Balaban J connectivity index is 3.79. The quantitative estimate of drug-likeness (QED) is 0.264. The summed E-state index contributed by atoms with van der Waals surface area (Å²) >= 11 is 0. The van der Waals surface area contributed by atoms with Crippen molar-refractivity contribution in [1.82, 2.24) is 0 Å². The number of carbonyl (C=O) groups excluding carboxylic acids is 2. The van der Waals surface area contributed by atoms with E-state index in [9.17, 15) is 26.4 Å². The van der Waals surface area contributed by atoms with Crippen LogP contribution in [0, 0.1) is 0 Å². The second-order valence-electron chi connectivity index (χ2n) is 6.86. The molecule has 0 amide bonds. The van der Waals surface area contributed by atoms with Gasteiger partial charge in [-0.3, -0.25) is 13.8 Å². The highest BCUT2D eigenvalue weighted by Crippen LogP contribution is 2.13. The summed E-state index contributed by atoms with van der Waals surface area (Å²) in [6.07, 6.45) is 3.40. The first-order valence-corrected chi connectivity index (χ1v) is 11.8. The predicted octanol–water partition coefficient (Wildman–Crippen LogP) is 1.52. The van der Waals surface area contributed by atoms with E-state index in [-0.39, 0.29) is 12.8 Å². The largest absolute Gasteiger partial charge is 0.449 e. The molecule has 0 saturated carbocycles. The Hall–Kier alpha value is -1.20. The lowest BCUT2D eigenvalue weighted by molar-refractivity contribution is -0.143. The molecule has 0 aliphatic heterocycles. The topological polar surface area (TPSA) is 130 Å². The molecule has 0 fully saturated rings. The van der Waals surface area contributed by atoms with E-state index in [0.717, 1.165) is 6.26 Å². The number of hydrogen-bond donors (Lipinski definition) is 0. The van der Waals surface area contributed by atoms with Crippen molar-refractivity contribution in [2.24, 2.45) is 0 Å². The van der Waals surface area contributed by atoms with Gasteiger partial charge in [-0.15, -0.1) is 0 Å². The van der Waals surface area contributed by atoms with Gasteiger partial charge in [0.25, 0.3) is 0 Å². The van der Waals surface area contributed by atoms with E-state index in [1.807, 2.05) is 0 Å². The molecule has 0 saturated heterocycles. The first-order valence-electron chi connectivity index (χ1n) is 8.12. The van der Waals surface area contributed by atoms with Crippen molar-refractivity contribution in [1.29, 1.82) is 0 Å². The van der Waals surface area contributed by atoms with Gasteiger partial charge in [0.05, 0.1) is 5.60 Å². The van der Waals surface area contributed by atoms with Gasteiger partial charge in [-0.05, 0) is 33.6 Å². The second kappa shape index (κ2) is 10.8. The Morgan fingerprint density at radius 3 is 1.58 bits per heavy atom. The van der Waals surface area contributed by atoms with Crippen LogP contribution in [0.4, 0.5) is 0 Å². The smallest absolute Gasteiger partial charge is 0.306 e. The Morgan fingerprint density at radius 1 is 0.769 bits per heavy atom. The standard InChI is InChI=1S/C15H28O9S2/c1-15(2,3)24-26(20,21)12-23-14(17)10-8-6-5-7-9-13(16)22-11-25(4,18)19/h5-12H2,1-4H3. The zero-order chi connectivity index (χ0) is 20.4. The lowest BCUT2D eigenvalue weighted by atomic mass is 10.1. The number of esters is 2. The van der Waals surface area contributed by atoms with Crippen LogP contribution in [0.2, 0.25) is 0 Å². The maximum Gasteiger partial charge on any atom is 0.306 e. The average Bonchev–Trinajstić information content (AvgIpc) is 2.43. The molecule has 0 aliphatic carbocycles. The molecule has 26 heavy (non-hydrogen) atoms. The molecule has 0 atom stereocenters. The van der Waals surface area contributed by atoms with Crippen LogP contribution in [0.25, 0.3) is 0 Å². The minimum absolute atomic E-state index is 0.0591. The molecule has 0 aromatic heterocycles. The summed E-state index contributed by atoms with van der Waals surface area (Å²) in [7, 11) is -7.28. The van der Waals surface area contributed by atoms with Crippen LogP contribution in [0.1, 0.15) is 59.3 Å². The van der Waals surface area contributed by atoms with Crippen molar-refractivity contribution in [2.75, 3.05) is 18.1 Å². The lowest BCUT2D eigenvalue weighted by Crippen LogP contribution is -2.27. The van der Waals surface area contributed by atoms with Crippen LogP contribution in [0.15, 0.2) is 0 Å². The van der Waals surface area contributed by atoms with Gasteiger partial charge < -0.3 is 9.47 Å². The fourth-order valence-electron chi connectivity index (χ4n) is 1.75. The third kappa shape index (κ3) is 16.3. The zero-order valence-corrected chi connectivity index (χ0v) is 17.3. The zero-order valence-electron chi connectivity index (χ0n) is 15.6. The van der Waals surface area contributed by atoms with Crippen molar-refractivity contribution in [3.8, 4) is 0 Å². The van der Waals surface area contributed by atoms with Crippen molar-refractivity contribution in [3.05, 3.63) is 0 Å². The third-order valence-electron chi connectivity index (χ3n) is 2.69. The summed E-state index contributed by atoms with van der Waals surface area (Å²) in [5, 5.41) is 0. The molecule has 154 valence electrons. The Morgan fingerprint density at radius 2 is 1.19 bits per heavy atom. The maximum atomic E-state index is 11.6. The van der Waals surface area contributed by atoms with Gasteiger partial charge >= 0.3 is 22.1 Å². The summed E-state index contributed by atoms with van der Waals surface area (Å²) < 4.78 is 58.9. The van der Waals surface area contributed by atoms with Crippen LogP contribution in [-0.4, -0.2) is 52.5 Å². The highest BCUT2D eigenvalue weighted by Gasteiger charge is 2.23. The van der Waals surface area contributed by atoms with Gasteiger partial charge in [-0.1, -0.05) is 12.8 Å². The molecule has 0 unspecified atom stereocenters. The predicted molar refractivity (Wildman–Crippen MR) is 94.2 cm³/mol. The molecular formula is C15H28O9S2. The van der Waals surface area contributed by atoms with Crippen LogP contribution >= 0.6 is 0 Å². The van der Waals surface area contributed by atoms with E-state index in [4.69, 9.17) is 4.18 Å². The van der Waals surface area contributed by atoms with Gasteiger partial charge in [0.1, 0.15) is 0 Å². The van der Waals surface area contributed by atoms with E-state index in [0.29, 0.717) is 25.7 Å². The fourth-order valence-corrected chi connectivity index (χ4v) is 3.18. The van der Waals surface area contributed by atoms with E-state index < -0.39 is 49.4 Å². The van der Waals surface area contributed by atoms with Gasteiger partial charge in [0.15, 0.2) is 15.8 Å². The summed E-state index contributed by atoms with van der Waals surface area (Å²) in [4.78, 5) is 22.8. The summed E-state index contributed by atoms with van der Waals surface area (Å²) in [5.41, 5.74) is -0.895. The van der Waals surface area contributed by atoms with E-state index >= 15 is 0 Å². The number of hydrogen-bond acceptors (Lipinski definition) is 9. The molecule has 0 heterocycles. The molecule has 11 heteroatoms. The minimum Gasteiger partial charge on any atom is -0.449 e.